The fourth-order valence-corrected chi connectivity index (χ4v) is 4.03. The Kier molecular flexibility index (Phi) is 5.26. The molecule has 0 spiro atoms. The first-order chi connectivity index (χ1) is 9.48. The maximum absolute atomic E-state index is 12.0. The van der Waals surface area contributed by atoms with Gasteiger partial charge >= 0.3 is 0 Å². The molecule has 0 aliphatic heterocycles. The summed E-state index contributed by atoms with van der Waals surface area (Å²) in [5, 5.41) is 10.3. The van der Waals surface area contributed by atoms with Gasteiger partial charge < -0.3 is 5.11 Å². The van der Waals surface area contributed by atoms with Crippen LogP contribution in [0, 0.1) is 5.92 Å². The Hall–Kier alpha value is -0.390. The minimum absolute atomic E-state index is 0.0444. The van der Waals surface area contributed by atoms with Crippen LogP contribution >= 0.6 is 0 Å². The van der Waals surface area contributed by atoms with E-state index in [1.54, 1.807) is 6.08 Å². The molecule has 0 aromatic carbocycles. The molecule has 1 unspecified atom stereocenters. The molecule has 0 aromatic heterocycles. The van der Waals surface area contributed by atoms with Gasteiger partial charge in [-0.15, -0.1) is 0 Å². The molecule has 4 nitrogen and oxygen atoms in total. The molecule has 2 saturated carbocycles. The van der Waals surface area contributed by atoms with Crippen molar-refractivity contribution in [3.8, 4) is 0 Å². The van der Waals surface area contributed by atoms with E-state index >= 15 is 0 Å². The summed E-state index contributed by atoms with van der Waals surface area (Å²) in [6.45, 7) is 2.17. The van der Waals surface area contributed by atoms with Crippen LogP contribution in [0.15, 0.2) is 12.2 Å². The molecule has 2 aliphatic carbocycles. The molecule has 0 radical (unpaired) electrons. The number of nitrogens with one attached hydrogen (secondary N) is 1. The number of allylic oxidation sites excluding steroid dienone is 1. The summed E-state index contributed by atoms with van der Waals surface area (Å²) < 4.78 is 26.6. The lowest BCUT2D eigenvalue weighted by molar-refractivity contribution is 0.0557. The molecule has 2 rings (SSSR count). The van der Waals surface area contributed by atoms with Crippen LogP contribution in [-0.4, -0.2) is 24.5 Å². The zero-order valence-electron chi connectivity index (χ0n) is 12.3. The van der Waals surface area contributed by atoms with Crippen LogP contribution < -0.4 is 4.72 Å². The van der Waals surface area contributed by atoms with E-state index in [4.69, 9.17) is 0 Å². The monoisotopic (exact) mass is 301 g/mol. The molecule has 0 bridgehead atoms. The summed E-state index contributed by atoms with van der Waals surface area (Å²) in [5.74, 6) is 0.0444. The topological polar surface area (TPSA) is 66.4 Å². The second-order valence-electron chi connectivity index (χ2n) is 6.20. The number of unbranched alkanes of at least 4 members (excludes halogenated alkanes) is 4. The Morgan fingerprint density at radius 2 is 1.90 bits per heavy atom. The van der Waals surface area contributed by atoms with E-state index in [-0.39, 0.29) is 11.2 Å². The van der Waals surface area contributed by atoms with Crippen molar-refractivity contribution in [2.45, 2.75) is 75.7 Å². The maximum Gasteiger partial charge on any atom is 0.217 e. The summed E-state index contributed by atoms with van der Waals surface area (Å²) in [7, 11) is -3.35. The van der Waals surface area contributed by atoms with Gasteiger partial charge in [0.25, 0.3) is 0 Å². The molecule has 1 atom stereocenters. The molecular weight excluding hydrogens is 274 g/mol. The van der Waals surface area contributed by atoms with E-state index in [2.05, 4.69) is 11.6 Å². The van der Waals surface area contributed by atoms with Crippen molar-refractivity contribution < 1.29 is 13.5 Å². The molecule has 2 aliphatic rings. The van der Waals surface area contributed by atoms with Crippen molar-refractivity contribution >= 4 is 10.0 Å². The summed E-state index contributed by atoms with van der Waals surface area (Å²) in [4.78, 5) is 0. The van der Waals surface area contributed by atoms with Crippen LogP contribution in [0.25, 0.3) is 0 Å². The minimum atomic E-state index is -3.35. The van der Waals surface area contributed by atoms with Gasteiger partial charge in [0.2, 0.25) is 10.0 Å². The standard InChI is InChI=1S/C15H27NO3S/c1-2-3-4-5-6-7-12-15(17,13-8-9-13)16-20(18,19)14-10-11-14/h7,12-14,16-17H,2-6,8-11H2,1H3/b12-7-. The summed E-state index contributed by atoms with van der Waals surface area (Å²) >= 11 is 0. The highest BCUT2D eigenvalue weighted by Gasteiger charge is 2.47. The summed E-state index contributed by atoms with van der Waals surface area (Å²) in [6, 6.07) is 0. The fourth-order valence-electron chi connectivity index (χ4n) is 2.42. The molecular formula is C15H27NO3S. The van der Waals surface area contributed by atoms with Crippen LogP contribution in [0.4, 0.5) is 0 Å². The zero-order chi connectivity index (χ0) is 14.6. The van der Waals surface area contributed by atoms with E-state index in [0.717, 1.165) is 38.5 Å². The van der Waals surface area contributed by atoms with Crippen molar-refractivity contribution in [2.24, 2.45) is 5.92 Å². The van der Waals surface area contributed by atoms with Gasteiger partial charge in [-0.25, -0.2) is 8.42 Å². The fraction of sp³-hybridized carbons (Fsp3) is 0.867. The third-order valence-corrected chi connectivity index (χ3v) is 6.03. The highest BCUT2D eigenvalue weighted by Crippen LogP contribution is 2.40. The molecule has 2 N–H and O–H groups in total. The number of rotatable bonds is 10. The van der Waals surface area contributed by atoms with Crippen LogP contribution in [0.2, 0.25) is 0 Å². The normalized spacial score (nSPS) is 23.1. The molecule has 20 heavy (non-hydrogen) atoms. The van der Waals surface area contributed by atoms with Gasteiger partial charge in [0, 0.05) is 5.92 Å². The van der Waals surface area contributed by atoms with Gasteiger partial charge in [-0.2, -0.15) is 4.72 Å². The van der Waals surface area contributed by atoms with Gasteiger partial charge in [0.05, 0.1) is 5.25 Å². The Bertz CT molecular complexity index is 438. The highest BCUT2D eigenvalue weighted by molar-refractivity contribution is 7.90. The van der Waals surface area contributed by atoms with Crippen LogP contribution in [0.3, 0.4) is 0 Å². The lowest BCUT2D eigenvalue weighted by Gasteiger charge is -2.25. The Balaban J connectivity index is 1.87. The Morgan fingerprint density at radius 1 is 1.20 bits per heavy atom. The van der Waals surface area contributed by atoms with E-state index in [0.29, 0.717) is 0 Å². The maximum atomic E-state index is 12.0. The van der Waals surface area contributed by atoms with Crippen molar-refractivity contribution in [3.05, 3.63) is 12.2 Å². The van der Waals surface area contributed by atoms with Crippen molar-refractivity contribution in [1.29, 1.82) is 0 Å². The average molecular weight is 301 g/mol. The van der Waals surface area contributed by atoms with Gasteiger partial charge in [0.15, 0.2) is 5.72 Å². The molecule has 0 aromatic rings. The van der Waals surface area contributed by atoms with Crippen molar-refractivity contribution in [2.75, 3.05) is 0 Å². The lowest BCUT2D eigenvalue weighted by atomic mass is 10.1. The molecule has 116 valence electrons. The predicted molar refractivity (Wildman–Crippen MR) is 80.7 cm³/mol. The zero-order valence-corrected chi connectivity index (χ0v) is 13.2. The van der Waals surface area contributed by atoms with Gasteiger partial charge in [-0.05, 0) is 44.6 Å². The van der Waals surface area contributed by atoms with Crippen LogP contribution in [0.1, 0.15) is 64.7 Å². The van der Waals surface area contributed by atoms with Gasteiger partial charge in [0.1, 0.15) is 0 Å². The highest BCUT2D eigenvalue weighted by atomic mass is 32.2. The quantitative estimate of drug-likeness (QED) is 0.370. The first-order valence-electron chi connectivity index (χ1n) is 7.91. The average Bonchev–Trinajstić information content (AvgIpc) is 3.24. The predicted octanol–water partition coefficient (Wildman–Crippen LogP) is 2.69. The van der Waals surface area contributed by atoms with E-state index < -0.39 is 15.7 Å². The van der Waals surface area contributed by atoms with Crippen LogP contribution in [0.5, 0.6) is 0 Å². The Morgan fingerprint density at radius 3 is 2.45 bits per heavy atom. The Labute approximate surface area is 122 Å². The first kappa shape index (κ1) is 16.0. The molecule has 0 heterocycles. The smallest absolute Gasteiger partial charge is 0.217 e. The minimum Gasteiger partial charge on any atom is -0.371 e. The number of sulfonamides is 1. The van der Waals surface area contributed by atoms with E-state index in [9.17, 15) is 13.5 Å². The molecule has 5 heteroatoms. The molecule has 0 saturated heterocycles. The number of hydrogen-bond acceptors (Lipinski definition) is 3. The molecule has 0 amide bonds. The largest absolute Gasteiger partial charge is 0.371 e. The van der Waals surface area contributed by atoms with Crippen molar-refractivity contribution in [1.82, 2.24) is 4.72 Å². The first-order valence-corrected chi connectivity index (χ1v) is 9.45. The lowest BCUT2D eigenvalue weighted by Crippen LogP contribution is -2.49. The van der Waals surface area contributed by atoms with Gasteiger partial charge in [-0.1, -0.05) is 32.3 Å². The second-order valence-corrected chi connectivity index (χ2v) is 8.16. The van der Waals surface area contributed by atoms with E-state index in [1.807, 2.05) is 6.08 Å². The third kappa shape index (κ3) is 4.57. The summed E-state index contributed by atoms with van der Waals surface area (Å²) in [5.41, 5.74) is -1.35. The number of hydrogen-bond donors (Lipinski definition) is 2. The van der Waals surface area contributed by atoms with E-state index in [1.165, 1.54) is 19.3 Å². The SMILES string of the molecule is CCCCCC/C=C\C(O)(NS(=O)(=O)C1CC1)C1CC1. The van der Waals surface area contributed by atoms with Crippen LogP contribution in [-0.2, 0) is 10.0 Å². The van der Waals surface area contributed by atoms with Gasteiger partial charge in [-0.3, -0.25) is 0 Å². The second kappa shape index (κ2) is 6.58. The number of aliphatic hydroxyl groups is 1. The third-order valence-electron chi connectivity index (χ3n) is 4.07. The summed E-state index contributed by atoms with van der Waals surface area (Å²) in [6.07, 6.45) is 12.5. The van der Waals surface area contributed by atoms with Crippen molar-refractivity contribution in [3.63, 3.8) is 0 Å². The molecule has 2 fully saturated rings.